The molecule has 0 aliphatic heterocycles. The van der Waals surface area contributed by atoms with Gasteiger partial charge in [-0.15, -0.1) is 11.8 Å². The SMILES string of the molecule is CCOC(Cc1ccc(OCCN(CCCCSc2ccccc2)C(=O)Nc2ccc(F)cc2)cc1)C(=O)O. The number of hydrogen-bond acceptors (Lipinski definition) is 5. The monoisotopic (exact) mass is 554 g/mol. The number of benzene rings is 3. The van der Waals surface area contributed by atoms with Gasteiger partial charge in [-0.2, -0.15) is 0 Å². The Morgan fingerprint density at radius 3 is 2.36 bits per heavy atom. The number of anilines is 1. The van der Waals surface area contributed by atoms with Crippen LogP contribution < -0.4 is 10.1 Å². The van der Waals surface area contributed by atoms with Crippen LogP contribution in [-0.2, 0) is 16.0 Å². The zero-order valence-corrected chi connectivity index (χ0v) is 22.9. The molecule has 0 aliphatic rings. The molecule has 3 aromatic rings. The second-order valence-electron chi connectivity index (χ2n) is 8.77. The number of halogens is 1. The van der Waals surface area contributed by atoms with E-state index in [2.05, 4.69) is 17.4 Å². The number of urea groups is 1. The molecule has 208 valence electrons. The number of amides is 2. The van der Waals surface area contributed by atoms with Crippen molar-refractivity contribution in [3.8, 4) is 5.75 Å². The molecule has 2 N–H and O–H groups in total. The first-order valence-corrected chi connectivity index (χ1v) is 14.0. The summed E-state index contributed by atoms with van der Waals surface area (Å²) in [5.41, 5.74) is 1.35. The predicted octanol–water partition coefficient (Wildman–Crippen LogP) is 6.34. The van der Waals surface area contributed by atoms with Gasteiger partial charge in [-0.3, -0.25) is 0 Å². The molecule has 0 radical (unpaired) electrons. The fraction of sp³-hybridized carbons (Fsp3) is 0.333. The van der Waals surface area contributed by atoms with Crippen LogP contribution in [0.25, 0.3) is 0 Å². The molecule has 0 bridgehead atoms. The molecule has 3 aromatic carbocycles. The van der Waals surface area contributed by atoms with Gasteiger partial charge in [0.05, 0.1) is 6.54 Å². The number of unbranched alkanes of at least 4 members (excludes halogenated alkanes) is 1. The molecule has 0 aliphatic carbocycles. The number of carboxylic acid groups (broad SMARTS) is 1. The van der Waals surface area contributed by atoms with Crippen LogP contribution in [0.4, 0.5) is 14.9 Å². The van der Waals surface area contributed by atoms with Crippen molar-refractivity contribution in [2.45, 2.75) is 37.2 Å². The molecule has 0 spiro atoms. The second kappa shape index (κ2) is 16.4. The zero-order valence-electron chi connectivity index (χ0n) is 22.1. The summed E-state index contributed by atoms with van der Waals surface area (Å²) in [4.78, 5) is 27.2. The van der Waals surface area contributed by atoms with Crippen molar-refractivity contribution in [1.29, 1.82) is 0 Å². The number of aliphatic carboxylic acids is 1. The molecular formula is C30H35FN2O5S. The molecule has 3 rings (SSSR count). The Morgan fingerprint density at radius 1 is 0.974 bits per heavy atom. The molecule has 0 saturated carbocycles. The molecule has 1 atom stereocenters. The van der Waals surface area contributed by atoms with Gasteiger partial charge in [-0.25, -0.2) is 14.0 Å². The molecular weight excluding hydrogens is 519 g/mol. The van der Waals surface area contributed by atoms with Crippen LogP contribution in [-0.4, -0.2) is 60.2 Å². The quantitative estimate of drug-likeness (QED) is 0.159. The van der Waals surface area contributed by atoms with Gasteiger partial charge in [0.2, 0.25) is 0 Å². The topological polar surface area (TPSA) is 88.1 Å². The number of carboxylic acids is 1. The van der Waals surface area contributed by atoms with E-state index in [-0.39, 0.29) is 24.9 Å². The maximum atomic E-state index is 13.3. The van der Waals surface area contributed by atoms with E-state index in [9.17, 15) is 19.1 Å². The maximum Gasteiger partial charge on any atom is 0.333 e. The van der Waals surface area contributed by atoms with Crippen LogP contribution >= 0.6 is 11.8 Å². The highest BCUT2D eigenvalue weighted by Crippen LogP contribution is 2.19. The summed E-state index contributed by atoms with van der Waals surface area (Å²) in [7, 11) is 0. The average Bonchev–Trinajstić information content (AvgIpc) is 2.94. The van der Waals surface area contributed by atoms with Gasteiger partial charge in [0.1, 0.15) is 18.2 Å². The van der Waals surface area contributed by atoms with Gasteiger partial charge >= 0.3 is 12.0 Å². The van der Waals surface area contributed by atoms with Gasteiger partial charge < -0.3 is 24.8 Å². The van der Waals surface area contributed by atoms with E-state index in [4.69, 9.17) is 9.47 Å². The number of hydrogen-bond donors (Lipinski definition) is 2. The Morgan fingerprint density at radius 2 is 1.69 bits per heavy atom. The van der Waals surface area contributed by atoms with E-state index in [0.29, 0.717) is 31.1 Å². The van der Waals surface area contributed by atoms with E-state index in [0.717, 1.165) is 24.2 Å². The van der Waals surface area contributed by atoms with Crippen LogP contribution in [0.2, 0.25) is 0 Å². The Labute approximate surface area is 233 Å². The average molecular weight is 555 g/mol. The van der Waals surface area contributed by atoms with Gasteiger partial charge in [-0.05, 0) is 79.6 Å². The van der Waals surface area contributed by atoms with Crippen LogP contribution in [0.15, 0.2) is 83.8 Å². The molecule has 0 fully saturated rings. The number of rotatable bonds is 16. The first-order chi connectivity index (χ1) is 18.9. The molecule has 2 amide bonds. The number of carbonyl (C=O) groups is 2. The minimum absolute atomic E-state index is 0.267. The first-order valence-electron chi connectivity index (χ1n) is 13.0. The molecule has 0 saturated heterocycles. The van der Waals surface area contributed by atoms with Gasteiger partial charge in [0.15, 0.2) is 6.10 Å². The van der Waals surface area contributed by atoms with Crippen molar-refractivity contribution in [3.05, 3.63) is 90.2 Å². The minimum Gasteiger partial charge on any atom is -0.492 e. The van der Waals surface area contributed by atoms with Crippen molar-refractivity contribution < 1.29 is 28.6 Å². The lowest BCUT2D eigenvalue weighted by Gasteiger charge is -2.23. The highest BCUT2D eigenvalue weighted by Gasteiger charge is 2.18. The summed E-state index contributed by atoms with van der Waals surface area (Å²) >= 11 is 1.79. The van der Waals surface area contributed by atoms with Crippen LogP contribution in [0, 0.1) is 5.82 Å². The number of carbonyl (C=O) groups excluding carboxylic acids is 1. The highest BCUT2D eigenvalue weighted by atomic mass is 32.2. The van der Waals surface area contributed by atoms with Crippen LogP contribution in [0.3, 0.4) is 0 Å². The molecule has 0 aromatic heterocycles. The van der Waals surface area contributed by atoms with Crippen molar-refractivity contribution in [1.82, 2.24) is 4.90 Å². The second-order valence-corrected chi connectivity index (χ2v) is 9.94. The summed E-state index contributed by atoms with van der Waals surface area (Å²) in [5, 5.41) is 12.1. The summed E-state index contributed by atoms with van der Waals surface area (Å²) in [6, 6.07) is 22.8. The van der Waals surface area contributed by atoms with Gasteiger partial charge in [-0.1, -0.05) is 30.3 Å². The van der Waals surface area contributed by atoms with Crippen molar-refractivity contribution >= 4 is 29.4 Å². The lowest BCUT2D eigenvalue weighted by atomic mass is 10.1. The lowest BCUT2D eigenvalue weighted by molar-refractivity contribution is -0.149. The molecule has 7 nitrogen and oxygen atoms in total. The molecule has 1 unspecified atom stereocenters. The third-order valence-electron chi connectivity index (χ3n) is 5.83. The number of ether oxygens (including phenoxy) is 2. The Balaban J connectivity index is 1.50. The van der Waals surface area contributed by atoms with Gasteiger partial charge in [0, 0.05) is 30.2 Å². The Bertz CT molecular complexity index is 1150. The van der Waals surface area contributed by atoms with Gasteiger partial charge in [0.25, 0.3) is 0 Å². The smallest absolute Gasteiger partial charge is 0.333 e. The fourth-order valence-electron chi connectivity index (χ4n) is 3.79. The number of thioether (sulfide) groups is 1. The lowest BCUT2D eigenvalue weighted by Crippen LogP contribution is -2.38. The van der Waals surface area contributed by atoms with Crippen molar-refractivity contribution in [2.24, 2.45) is 0 Å². The number of nitrogens with zero attached hydrogens (tertiary/aromatic N) is 1. The van der Waals surface area contributed by atoms with Crippen LogP contribution in [0.1, 0.15) is 25.3 Å². The Hall–Kier alpha value is -3.56. The van der Waals surface area contributed by atoms with Crippen molar-refractivity contribution in [2.75, 3.05) is 37.4 Å². The fourth-order valence-corrected chi connectivity index (χ4v) is 4.72. The largest absolute Gasteiger partial charge is 0.492 e. The van der Waals surface area contributed by atoms with E-state index in [1.807, 2.05) is 30.3 Å². The summed E-state index contributed by atoms with van der Waals surface area (Å²) < 4.78 is 24.4. The summed E-state index contributed by atoms with van der Waals surface area (Å²) in [5.74, 6) is 0.221. The van der Waals surface area contributed by atoms with E-state index in [1.54, 1.807) is 35.7 Å². The normalized spacial score (nSPS) is 11.5. The van der Waals surface area contributed by atoms with Crippen molar-refractivity contribution in [3.63, 3.8) is 0 Å². The predicted molar refractivity (Wildman–Crippen MR) is 152 cm³/mol. The zero-order chi connectivity index (χ0) is 27.9. The number of nitrogens with one attached hydrogen (secondary N) is 1. The molecule has 39 heavy (non-hydrogen) atoms. The third-order valence-corrected chi connectivity index (χ3v) is 6.93. The Kier molecular flexibility index (Phi) is 12.6. The minimum atomic E-state index is -0.991. The summed E-state index contributed by atoms with van der Waals surface area (Å²) in [6.45, 7) is 3.30. The first kappa shape index (κ1) is 30.0. The van der Waals surface area contributed by atoms with Crippen LogP contribution in [0.5, 0.6) is 5.75 Å². The highest BCUT2D eigenvalue weighted by molar-refractivity contribution is 7.99. The van der Waals surface area contributed by atoms with E-state index in [1.165, 1.54) is 29.2 Å². The molecule has 0 heterocycles. The maximum absolute atomic E-state index is 13.3. The third kappa shape index (κ3) is 11.0. The van der Waals surface area contributed by atoms with E-state index >= 15 is 0 Å². The summed E-state index contributed by atoms with van der Waals surface area (Å²) in [6.07, 6.45) is 1.15. The standard InChI is InChI=1S/C30H35FN2O5S/c1-2-37-28(29(34)35)22-23-10-16-26(17-11-23)38-20-19-33(30(36)32-25-14-12-24(31)13-15-25)18-6-7-21-39-27-8-4-3-5-9-27/h3-5,8-17,28H,2,6-7,18-22H2,1H3,(H,32,36)(H,34,35). The molecule has 9 heteroatoms. The van der Waals surface area contributed by atoms with E-state index < -0.39 is 12.1 Å².